The van der Waals surface area contributed by atoms with Crippen LogP contribution < -0.4 is 5.56 Å². The van der Waals surface area contributed by atoms with Crippen molar-refractivity contribution in [1.29, 1.82) is 0 Å². The summed E-state index contributed by atoms with van der Waals surface area (Å²) in [5, 5.41) is 0.473. The summed E-state index contributed by atoms with van der Waals surface area (Å²) >= 11 is 1.43. The number of aromatic nitrogens is 2. The van der Waals surface area contributed by atoms with Crippen LogP contribution in [0.1, 0.15) is 21.1 Å². The Balaban J connectivity index is 1.87. The van der Waals surface area contributed by atoms with Gasteiger partial charge in [-0.3, -0.25) is 14.2 Å². The van der Waals surface area contributed by atoms with Gasteiger partial charge in [-0.2, -0.15) is 0 Å². The molecule has 2 aromatic heterocycles. The van der Waals surface area contributed by atoms with E-state index in [0.717, 1.165) is 16.0 Å². The fourth-order valence-electron chi connectivity index (χ4n) is 3.31. The van der Waals surface area contributed by atoms with Crippen molar-refractivity contribution in [2.24, 2.45) is 0 Å². The van der Waals surface area contributed by atoms with Crippen LogP contribution in [0.5, 0.6) is 0 Å². The number of thiophene rings is 1. The second-order valence-corrected chi connectivity index (χ2v) is 7.76. The highest BCUT2D eigenvalue weighted by molar-refractivity contribution is 7.19. The van der Waals surface area contributed by atoms with Crippen molar-refractivity contribution in [1.82, 2.24) is 9.55 Å². The molecule has 0 amide bonds. The molecule has 0 N–H and O–H groups in total. The van der Waals surface area contributed by atoms with E-state index in [1.54, 1.807) is 43.3 Å². The minimum Gasteiger partial charge on any atom is -0.292 e. The molecule has 4 aromatic rings. The van der Waals surface area contributed by atoms with E-state index in [4.69, 9.17) is 0 Å². The summed E-state index contributed by atoms with van der Waals surface area (Å²) < 4.78 is 14.7. The molecule has 0 atom stereocenters. The largest absolute Gasteiger partial charge is 0.292 e. The highest BCUT2D eigenvalue weighted by atomic mass is 32.1. The highest BCUT2D eigenvalue weighted by Crippen LogP contribution is 2.35. The van der Waals surface area contributed by atoms with Gasteiger partial charge in [0.1, 0.15) is 16.5 Å². The Morgan fingerprint density at radius 2 is 1.75 bits per heavy atom. The topological polar surface area (TPSA) is 52.0 Å². The highest BCUT2D eigenvalue weighted by Gasteiger charge is 2.20. The lowest BCUT2D eigenvalue weighted by Crippen LogP contribution is -2.27. The molecule has 0 fully saturated rings. The van der Waals surface area contributed by atoms with Crippen molar-refractivity contribution < 1.29 is 9.18 Å². The Kier molecular flexibility index (Phi) is 4.65. The molecule has 0 saturated heterocycles. The van der Waals surface area contributed by atoms with E-state index in [1.165, 1.54) is 28.0 Å². The first-order valence-corrected chi connectivity index (χ1v) is 9.62. The number of halogens is 1. The fraction of sp³-hybridized carbons (Fsp3) is 0.136. The zero-order chi connectivity index (χ0) is 19.8. The molecule has 0 aliphatic carbocycles. The number of Topliss-reactive ketones (excluding diaryl/α,β-unsaturated/α-hetero) is 1. The molecule has 0 bridgehead atoms. The van der Waals surface area contributed by atoms with Gasteiger partial charge >= 0.3 is 0 Å². The monoisotopic (exact) mass is 392 g/mol. The SMILES string of the molecule is Cc1sc2nc(C)n(CC(=O)c3ccccc3)c(=O)c2c1-c1ccc(F)cc1. The molecule has 0 aliphatic rings. The maximum atomic E-state index is 13.3. The Labute approximate surface area is 164 Å². The Hall–Kier alpha value is -3.12. The van der Waals surface area contributed by atoms with Crippen molar-refractivity contribution >= 4 is 27.3 Å². The van der Waals surface area contributed by atoms with Crippen LogP contribution in [0.2, 0.25) is 0 Å². The van der Waals surface area contributed by atoms with Gasteiger partial charge in [-0.25, -0.2) is 9.37 Å². The number of fused-ring (bicyclic) bond motifs is 1. The Morgan fingerprint density at radius 3 is 2.43 bits per heavy atom. The van der Waals surface area contributed by atoms with Crippen LogP contribution in [-0.2, 0) is 6.54 Å². The van der Waals surface area contributed by atoms with Crippen LogP contribution in [0.4, 0.5) is 4.39 Å². The molecular formula is C22H17FN2O2S. The third kappa shape index (κ3) is 3.16. The van der Waals surface area contributed by atoms with E-state index in [-0.39, 0.29) is 23.7 Å². The lowest BCUT2D eigenvalue weighted by Gasteiger charge is -2.10. The van der Waals surface area contributed by atoms with Crippen LogP contribution in [-0.4, -0.2) is 15.3 Å². The van der Waals surface area contributed by atoms with E-state index in [1.807, 2.05) is 13.0 Å². The van der Waals surface area contributed by atoms with E-state index in [2.05, 4.69) is 4.98 Å². The first kappa shape index (κ1) is 18.3. The Bertz CT molecular complexity index is 1240. The molecule has 4 nitrogen and oxygen atoms in total. The van der Waals surface area contributed by atoms with Gasteiger partial charge in [0, 0.05) is 16.0 Å². The summed E-state index contributed by atoms with van der Waals surface area (Å²) in [5.74, 6) is 0.0108. The lowest BCUT2D eigenvalue weighted by atomic mass is 10.0. The number of rotatable bonds is 4. The van der Waals surface area contributed by atoms with Crippen molar-refractivity contribution in [3.05, 3.63) is 87.0 Å². The lowest BCUT2D eigenvalue weighted by molar-refractivity contribution is 0.0969. The summed E-state index contributed by atoms with van der Waals surface area (Å²) in [5.41, 5.74) is 1.80. The molecule has 140 valence electrons. The minimum atomic E-state index is -0.333. The molecule has 0 unspecified atom stereocenters. The number of benzene rings is 2. The van der Waals surface area contributed by atoms with Gasteiger partial charge in [-0.1, -0.05) is 42.5 Å². The van der Waals surface area contributed by atoms with E-state index >= 15 is 0 Å². The number of carbonyl (C=O) groups excluding carboxylic acids is 1. The predicted molar refractivity (Wildman–Crippen MR) is 110 cm³/mol. The molecule has 2 aromatic carbocycles. The number of hydrogen-bond acceptors (Lipinski definition) is 4. The molecular weight excluding hydrogens is 375 g/mol. The second kappa shape index (κ2) is 7.13. The number of carbonyl (C=O) groups is 1. The summed E-state index contributed by atoms with van der Waals surface area (Å²) in [6, 6.07) is 14.9. The summed E-state index contributed by atoms with van der Waals surface area (Å²) in [6.07, 6.45) is 0. The molecule has 0 saturated carbocycles. The average Bonchev–Trinajstić information content (AvgIpc) is 3.02. The van der Waals surface area contributed by atoms with Crippen molar-refractivity contribution in [3.63, 3.8) is 0 Å². The maximum absolute atomic E-state index is 13.3. The van der Waals surface area contributed by atoms with Crippen molar-refractivity contribution in [2.75, 3.05) is 0 Å². The Morgan fingerprint density at radius 1 is 1.07 bits per heavy atom. The first-order valence-electron chi connectivity index (χ1n) is 8.80. The van der Waals surface area contributed by atoms with Crippen LogP contribution in [0.15, 0.2) is 59.4 Å². The fourth-order valence-corrected chi connectivity index (χ4v) is 4.39. The zero-order valence-electron chi connectivity index (χ0n) is 15.4. The standard InChI is InChI=1S/C22H17FN2O2S/c1-13-19(16-8-10-17(23)11-9-16)20-21(28-13)24-14(2)25(22(20)27)12-18(26)15-6-4-3-5-7-15/h3-11H,12H2,1-2H3. The molecule has 4 rings (SSSR count). The van der Waals surface area contributed by atoms with E-state index < -0.39 is 0 Å². The minimum absolute atomic E-state index is 0.0740. The maximum Gasteiger partial charge on any atom is 0.263 e. The van der Waals surface area contributed by atoms with E-state index in [9.17, 15) is 14.0 Å². The van der Waals surface area contributed by atoms with Gasteiger partial charge < -0.3 is 0 Å². The van der Waals surface area contributed by atoms with Gasteiger partial charge in [0.25, 0.3) is 5.56 Å². The van der Waals surface area contributed by atoms with Gasteiger partial charge in [0.15, 0.2) is 5.78 Å². The molecule has 2 heterocycles. The molecule has 0 spiro atoms. The first-order chi connectivity index (χ1) is 13.5. The summed E-state index contributed by atoms with van der Waals surface area (Å²) in [7, 11) is 0. The molecule has 6 heteroatoms. The van der Waals surface area contributed by atoms with E-state index in [0.29, 0.717) is 21.6 Å². The second-order valence-electron chi connectivity index (χ2n) is 6.56. The van der Waals surface area contributed by atoms with Crippen LogP contribution in [0.3, 0.4) is 0 Å². The molecule has 28 heavy (non-hydrogen) atoms. The third-order valence-corrected chi connectivity index (χ3v) is 5.71. The smallest absolute Gasteiger partial charge is 0.263 e. The van der Waals surface area contributed by atoms with Crippen LogP contribution in [0, 0.1) is 19.7 Å². The number of aryl methyl sites for hydroxylation is 2. The van der Waals surface area contributed by atoms with Crippen molar-refractivity contribution in [2.45, 2.75) is 20.4 Å². The molecule has 0 aliphatic heterocycles. The van der Waals surface area contributed by atoms with Gasteiger partial charge in [0.2, 0.25) is 0 Å². The average molecular weight is 392 g/mol. The third-order valence-electron chi connectivity index (χ3n) is 4.71. The van der Waals surface area contributed by atoms with Crippen molar-refractivity contribution in [3.8, 4) is 11.1 Å². The quantitative estimate of drug-likeness (QED) is 0.470. The van der Waals surface area contributed by atoms with Crippen LogP contribution in [0.25, 0.3) is 21.3 Å². The van der Waals surface area contributed by atoms with Gasteiger partial charge in [-0.15, -0.1) is 11.3 Å². The number of ketones is 1. The summed E-state index contributed by atoms with van der Waals surface area (Å²) in [4.78, 5) is 32.0. The number of nitrogens with zero attached hydrogens (tertiary/aromatic N) is 2. The normalized spacial score (nSPS) is 11.1. The molecule has 0 radical (unpaired) electrons. The van der Waals surface area contributed by atoms with Gasteiger partial charge in [-0.05, 0) is 31.5 Å². The number of hydrogen-bond donors (Lipinski definition) is 0. The van der Waals surface area contributed by atoms with Gasteiger partial charge in [0.05, 0.1) is 11.9 Å². The predicted octanol–water partition coefficient (Wildman–Crippen LogP) is 4.76. The zero-order valence-corrected chi connectivity index (χ0v) is 16.2. The van der Waals surface area contributed by atoms with Crippen LogP contribution >= 0.6 is 11.3 Å². The summed E-state index contributed by atoms with van der Waals surface area (Å²) in [6.45, 7) is 3.57.